The molecule has 17 heavy (non-hydrogen) atoms. The second-order valence-electron chi connectivity index (χ2n) is 3.90. The highest BCUT2D eigenvalue weighted by Gasteiger charge is 2.15. The first-order chi connectivity index (χ1) is 8.09. The molecule has 0 fully saturated rings. The van der Waals surface area contributed by atoms with E-state index in [-0.39, 0.29) is 11.3 Å². The normalized spacial score (nSPS) is 10.2. The molecule has 0 saturated heterocycles. The Balaban J connectivity index is 2.51. The Kier molecular flexibility index (Phi) is 2.91. The molecule has 2 rings (SSSR count). The molecule has 0 atom stereocenters. The van der Waals surface area contributed by atoms with E-state index in [1.807, 2.05) is 13.0 Å². The largest absolute Gasteiger partial charge is 0.398 e. The Morgan fingerprint density at radius 2 is 1.82 bits per heavy atom. The lowest BCUT2D eigenvalue weighted by Gasteiger charge is -2.06. The Labute approximate surface area is 98.9 Å². The number of nitrogen functional groups attached to an aromatic ring is 1. The average Bonchev–Trinajstić information content (AvgIpc) is 2.32. The average molecular weight is 229 g/mol. The van der Waals surface area contributed by atoms with Crippen molar-refractivity contribution in [3.8, 4) is 0 Å². The predicted octanol–water partition coefficient (Wildman–Crippen LogP) is 2.95. The van der Waals surface area contributed by atoms with E-state index in [1.165, 1.54) is 12.1 Å². The molecule has 2 N–H and O–H groups in total. The van der Waals surface area contributed by atoms with Crippen molar-refractivity contribution in [1.29, 1.82) is 0 Å². The maximum atomic E-state index is 13.5. The Morgan fingerprint density at radius 3 is 2.53 bits per heavy atom. The summed E-state index contributed by atoms with van der Waals surface area (Å²) in [6, 6.07) is 11.0. The number of hydrogen-bond donors (Lipinski definition) is 1. The van der Waals surface area contributed by atoms with E-state index < -0.39 is 5.82 Å². The smallest absolute Gasteiger partial charge is 0.198 e. The van der Waals surface area contributed by atoms with Crippen LogP contribution in [0.5, 0.6) is 0 Å². The third-order valence-electron chi connectivity index (χ3n) is 2.57. The molecular formula is C14H12FNO. The molecule has 2 nitrogen and oxygen atoms in total. The van der Waals surface area contributed by atoms with Gasteiger partial charge in [0.25, 0.3) is 0 Å². The van der Waals surface area contributed by atoms with E-state index >= 15 is 0 Å². The van der Waals surface area contributed by atoms with Crippen LogP contribution >= 0.6 is 0 Å². The van der Waals surface area contributed by atoms with Crippen molar-refractivity contribution in [1.82, 2.24) is 0 Å². The molecule has 0 unspecified atom stereocenters. The molecule has 2 aromatic carbocycles. The lowest BCUT2D eigenvalue weighted by molar-refractivity contribution is 0.103. The summed E-state index contributed by atoms with van der Waals surface area (Å²) < 4.78 is 13.5. The molecule has 86 valence electrons. The summed E-state index contributed by atoms with van der Waals surface area (Å²) in [5.41, 5.74) is 7.40. The molecule has 0 saturated carbocycles. The van der Waals surface area contributed by atoms with E-state index in [9.17, 15) is 9.18 Å². The third-order valence-corrected chi connectivity index (χ3v) is 2.57. The van der Waals surface area contributed by atoms with Gasteiger partial charge in [0.15, 0.2) is 5.78 Å². The van der Waals surface area contributed by atoms with Gasteiger partial charge in [0.2, 0.25) is 0 Å². The number of nitrogens with two attached hydrogens (primary N) is 1. The van der Waals surface area contributed by atoms with Gasteiger partial charge in [-0.25, -0.2) is 4.39 Å². The summed E-state index contributed by atoms with van der Waals surface area (Å²) in [5, 5.41) is 0. The fourth-order valence-electron chi connectivity index (χ4n) is 1.66. The highest BCUT2D eigenvalue weighted by Crippen LogP contribution is 2.19. The molecule has 0 amide bonds. The van der Waals surface area contributed by atoms with Gasteiger partial charge in [-0.05, 0) is 31.2 Å². The van der Waals surface area contributed by atoms with E-state index in [1.54, 1.807) is 24.3 Å². The lowest BCUT2D eigenvalue weighted by atomic mass is 9.99. The number of carbonyl (C=O) groups excluding carboxylic acids is 1. The topological polar surface area (TPSA) is 43.1 Å². The van der Waals surface area contributed by atoms with Crippen molar-refractivity contribution in [2.24, 2.45) is 0 Å². The standard InChI is InChI=1S/C14H12FNO/c1-9-6-7-13(16)11(8-9)14(17)10-4-2-3-5-12(10)15/h2-8H,16H2,1H3. The first kappa shape index (κ1) is 11.3. The molecular weight excluding hydrogens is 217 g/mol. The van der Waals surface area contributed by atoms with Crippen LogP contribution in [0, 0.1) is 12.7 Å². The van der Waals surface area contributed by atoms with Crippen LogP contribution in [0.4, 0.5) is 10.1 Å². The van der Waals surface area contributed by atoms with E-state index in [2.05, 4.69) is 0 Å². The van der Waals surface area contributed by atoms with Gasteiger partial charge in [-0.2, -0.15) is 0 Å². The molecule has 0 aromatic heterocycles. The number of hydrogen-bond acceptors (Lipinski definition) is 2. The molecule has 0 spiro atoms. The summed E-state index contributed by atoms with van der Waals surface area (Å²) in [6.07, 6.45) is 0. The molecule has 0 radical (unpaired) electrons. The Bertz CT molecular complexity index is 578. The summed E-state index contributed by atoms with van der Waals surface area (Å²) in [5.74, 6) is -0.914. The van der Waals surface area contributed by atoms with Crippen molar-refractivity contribution in [3.05, 3.63) is 65.0 Å². The van der Waals surface area contributed by atoms with Crippen LogP contribution in [-0.2, 0) is 0 Å². The zero-order valence-corrected chi connectivity index (χ0v) is 9.41. The second-order valence-corrected chi connectivity index (χ2v) is 3.90. The fourth-order valence-corrected chi connectivity index (χ4v) is 1.66. The highest BCUT2D eigenvalue weighted by atomic mass is 19.1. The summed E-state index contributed by atoms with van der Waals surface area (Å²) >= 11 is 0. The summed E-state index contributed by atoms with van der Waals surface area (Å²) in [6.45, 7) is 1.86. The summed E-state index contributed by atoms with van der Waals surface area (Å²) in [7, 11) is 0. The van der Waals surface area contributed by atoms with Gasteiger partial charge >= 0.3 is 0 Å². The van der Waals surface area contributed by atoms with Crippen LogP contribution < -0.4 is 5.73 Å². The number of anilines is 1. The van der Waals surface area contributed by atoms with E-state index in [0.29, 0.717) is 11.3 Å². The minimum atomic E-state index is -0.529. The van der Waals surface area contributed by atoms with Crippen LogP contribution in [-0.4, -0.2) is 5.78 Å². The predicted molar refractivity (Wildman–Crippen MR) is 65.4 cm³/mol. The number of halogens is 1. The molecule has 2 aromatic rings. The first-order valence-electron chi connectivity index (χ1n) is 5.25. The molecule has 3 heteroatoms. The van der Waals surface area contributed by atoms with Crippen LogP contribution in [0.1, 0.15) is 21.5 Å². The van der Waals surface area contributed by atoms with Gasteiger partial charge in [-0.3, -0.25) is 4.79 Å². The van der Waals surface area contributed by atoms with Crippen molar-refractivity contribution in [2.45, 2.75) is 6.92 Å². The van der Waals surface area contributed by atoms with Crippen molar-refractivity contribution in [3.63, 3.8) is 0 Å². The monoisotopic (exact) mass is 229 g/mol. The maximum absolute atomic E-state index is 13.5. The molecule has 0 heterocycles. The number of rotatable bonds is 2. The number of ketones is 1. The Morgan fingerprint density at radius 1 is 1.12 bits per heavy atom. The third kappa shape index (κ3) is 2.18. The SMILES string of the molecule is Cc1ccc(N)c(C(=O)c2ccccc2F)c1. The van der Waals surface area contributed by atoms with Crippen LogP contribution in [0.25, 0.3) is 0 Å². The molecule has 0 bridgehead atoms. The molecule has 0 aliphatic carbocycles. The van der Waals surface area contributed by atoms with Crippen molar-refractivity contribution >= 4 is 11.5 Å². The second kappa shape index (κ2) is 4.37. The van der Waals surface area contributed by atoms with Gasteiger partial charge in [0.1, 0.15) is 5.82 Å². The molecule has 0 aliphatic heterocycles. The Hall–Kier alpha value is -2.16. The minimum absolute atomic E-state index is 0.0461. The van der Waals surface area contributed by atoms with Crippen LogP contribution in [0.2, 0.25) is 0 Å². The van der Waals surface area contributed by atoms with Gasteiger partial charge in [0.05, 0.1) is 5.56 Å². The zero-order valence-electron chi connectivity index (χ0n) is 9.41. The van der Waals surface area contributed by atoms with E-state index in [4.69, 9.17) is 5.73 Å². The first-order valence-corrected chi connectivity index (χ1v) is 5.25. The van der Waals surface area contributed by atoms with Gasteiger partial charge in [-0.1, -0.05) is 23.8 Å². The maximum Gasteiger partial charge on any atom is 0.198 e. The summed E-state index contributed by atoms with van der Waals surface area (Å²) in [4.78, 5) is 12.1. The number of carbonyl (C=O) groups is 1. The van der Waals surface area contributed by atoms with Crippen molar-refractivity contribution < 1.29 is 9.18 Å². The minimum Gasteiger partial charge on any atom is -0.398 e. The quantitative estimate of drug-likeness (QED) is 0.635. The number of aryl methyl sites for hydroxylation is 1. The molecule has 0 aliphatic rings. The zero-order chi connectivity index (χ0) is 12.4. The van der Waals surface area contributed by atoms with Gasteiger partial charge < -0.3 is 5.73 Å². The number of benzene rings is 2. The van der Waals surface area contributed by atoms with Gasteiger partial charge in [0, 0.05) is 11.3 Å². The highest BCUT2D eigenvalue weighted by molar-refractivity contribution is 6.12. The lowest BCUT2D eigenvalue weighted by Crippen LogP contribution is -2.07. The van der Waals surface area contributed by atoms with Crippen LogP contribution in [0.3, 0.4) is 0 Å². The van der Waals surface area contributed by atoms with Gasteiger partial charge in [-0.15, -0.1) is 0 Å². The fraction of sp³-hybridized carbons (Fsp3) is 0.0714. The van der Waals surface area contributed by atoms with Crippen molar-refractivity contribution in [2.75, 3.05) is 5.73 Å². The van der Waals surface area contributed by atoms with Crippen LogP contribution in [0.15, 0.2) is 42.5 Å². The van der Waals surface area contributed by atoms with E-state index in [0.717, 1.165) is 5.56 Å².